The summed E-state index contributed by atoms with van der Waals surface area (Å²) in [6.07, 6.45) is 4.07. The molecule has 0 saturated carbocycles. The first kappa shape index (κ1) is 18.6. The molecule has 2 aliphatic heterocycles. The topological polar surface area (TPSA) is 125 Å². The molecule has 1 fully saturated rings. The maximum atomic E-state index is 12.5. The summed E-state index contributed by atoms with van der Waals surface area (Å²) in [5, 5.41) is 23.5. The number of fused-ring (bicyclic) bond motifs is 2. The fraction of sp³-hybridized carbons (Fsp3) is 0.368. The minimum Gasteiger partial charge on any atom is -0.488 e. The largest absolute Gasteiger partial charge is 0.488 e. The lowest BCUT2D eigenvalue weighted by atomic mass is 10.1. The number of likely N-dealkylation sites (tertiary alicyclic amines) is 1. The van der Waals surface area contributed by atoms with Crippen LogP contribution >= 0.6 is 0 Å². The van der Waals surface area contributed by atoms with Gasteiger partial charge in [0.05, 0.1) is 12.1 Å². The van der Waals surface area contributed by atoms with Crippen LogP contribution in [0.4, 0.5) is 11.5 Å². The molecule has 0 unspecified atom stereocenters. The Kier molecular flexibility index (Phi) is 4.05. The number of aromatic nitrogens is 4. The van der Waals surface area contributed by atoms with Crippen molar-refractivity contribution in [3.63, 3.8) is 0 Å². The third-order valence-electron chi connectivity index (χ3n) is 5.27. The summed E-state index contributed by atoms with van der Waals surface area (Å²) >= 11 is 0. The Balaban J connectivity index is 1.52. The monoisotopic (exact) mass is 412 g/mol. The van der Waals surface area contributed by atoms with Gasteiger partial charge in [0.2, 0.25) is 0 Å². The van der Waals surface area contributed by atoms with E-state index in [2.05, 4.69) is 10.1 Å². The van der Waals surface area contributed by atoms with E-state index in [1.807, 2.05) is 4.90 Å². The Hall–Kier alpha value is -3.44. The molecule has 0 aromatic carbocycles. The summed E-state index contributed by atoms with van der Waals surface area (Å²) in [7, 11) is 0. The first-order chi connectivity index (χ1) is 14.3. The van der Waals surface area contributed by atoms with Crippen LogP contribution in [0.2, 0.25) is 0 Å². The average molecular weight is 412 g/mol. The quantitative estimate of drug-likeness (QED) is 0.571. The van der Waals surface area contributed by atoms with E-state index < -0.39 is 11.6 Å². The molecule has 30 heavy (non-hydrogen) atoms. The molecule has 2 aliphatic rings. The summed E-state index contributed by atoms with van der Waals surface area (Å²) in [5.74, 6) is -1.40. The van der Waals surface area contributed by atoms with Crippen molar-refractivity contribution in [3.8, 4) is 5.75 Å². The van der Waals surface area contributed by atoms with Crippen LogP contribution in [0.5, 0.6) is 5.75 Å². The number of pyridine rings is 2. The molecule has 0 spiro atoms. The van der Waals surface area contributed by atoms with Crippen molar-refractivity contribution < 1.29 is 19.7 Å². The number of rotatable bonds is 3. The summed E-state index contributed by atoms with van der Waals surface area (Å²) in [6, 6.07) is 5.07. The van der Waals surface area contributed by atoms with Crippen LogP contribution < -0.4 is 15.3 Å². The van der Waals surface area contributed by atoms with Gasteiger partial charge in [-0.05, 0) is 18.6 Å². The molecule has 3 aromatic heterocycles. The zero-order valence-corrected chi connectivity index (χ0v) is 16.2. The number of amides is 1. The first-order valence-electron chi connectivity index (χ1n) is 9.59. The van der Waals surface area contributed by atoms with E-state index in [0.717, 1.165) is 26.4 Å². The average Bonchev–Trinajstić information content (AvgIpc) is 3.02. The lowest BCUT2D eigenvalue weighted by Crippen LogP contribution is -2.42. The summed E-state index contributed by atoms with van der Waals surface area (Å²) < 4.78 is 7.56. The van der Waals surface area contributed by atoms with Gasteiger partial charge >= 0.3 is 5.69 Å². The van der Waals surface area contributed by atoms with E-state index in [0.29, 0.717) is 40.7 Å². The second-order valence-electron chi connectivity index (χ2n) is 7.47. The number of anilines is 2. The fourth-order valence-electron chi connectivity index (χ4n) is 3.58. The third-order valence-corrected chi connectivity index (χ3v) is 5.27. The van der Waals surface area contributed by atoms with Crippen molar-refractivity contribution in [1.82, 2.24) is 24.1 Å². The number of ether oxygens (including phenoxy) is 1. The zero-order chi connectivity index (χ0) is 21.0. The maximum absolute atomic E-state index is 12.5. The van der Waals surface area contributed by atoms with E-state index in [4.69, 9.17) is 4.74 Å². The van der Waals surface area contributed by atoms with Crippen LogP contribution in [0.3, 0.4) is 0 Å². The third kappa shape index (κ3) is 2.90. The van der Waals surface area contributed by atoms with E-state index in [1.165, 1.54) is 10.6 Å². The van der Waals surface area contributed by atoms with Crippen molar-refractivity contribution in [2.75, 3.05) is 31.1 Å². The Morgan fingerprint density at radius 2 is 2.03 bits per heavy atom. The predicted octanol–water partition coefficient (Wildman–Crippen LogP) is -0.118. The van der Waals surface area contributed by atoms with Crippen LogP contribution in [0.1, 0.15) is 23.7 Å². The number of aliphatic hydroxyl groups is 2. The van der Waals surface area contributed by atoms with Gasteiger partial charge in [0.25, 0.3) is 11.8 Å². The van der Waals surface area contributed by atoms with Crippen LogP contribution in [0.15, 0.2) is 35.4 Å². The highest BCUT2D eigenvalue weighted by Crippen LogP contribution is 2.35. The van der Waals surface area contributed by atoms with Gasteiger partial charge in [-0.25, -0.2) is 14.2 Å². The highest BCUT2D eigenvalue weighted by molar-refractivity contribution is 5.95. The van der Waals surface area contributed by atoms with E-state index >= 15 is 0 Å². The van der Waals surface area contributed by atoms with Crippen LogP contribution in [-0.2, 0) is 5.91 Å². The summed E-state index contributed by atoms with van der Waals surface area (Å²) in [6.45, 7) is 3.49. The second-order valence-corrected chi connectivity index (χ2v) is 7.47. The first-order valence-corrected chi connectivity index (χ1v) is 9.59. The normalized spacial score (nSPS) is 16.2. The number of hydrogen-bond acceptors (Lipinski definition) is 8. The standard InChI is InChI=1S/C19H20N6O5/c1-19(28,29)25-18(27)24-6-3-13(10-15(24)21-25)23-7-8-30-14-9-12(11-20-16(14)23)17(26)22-4-2-5-22/h3,6,9-11,28-29H,2,4-5,7-8H2,1H3. The van der Waals surface area contributed by atoms with Gasteiger partial charge in [0.1, 0.15) is 6.61 Å². The van der Waals surface area contributed by atoms with Gasteiger partial charge in [-0.1, -0.05) is 0 Å². The maximum Gasteiger partial charge on any atom is 0.355 e. The van der Waals surface area contributed by atoms with Crippen molar-refractivity contribution in [2.45, 2.75) is 19.3 Å². The smallest absolute Gasteiger partial charge is 0.355 e. The minimum absolute atomic E-state index is 0.0559. The van der Waals surface area contributed by atoms with Crippen LogP contribution in [0.25, 0.3) is 5.65 Å². The molecule has 0 aliphatic carbocycles. The van der Waals surface area contributed by atoms with E-state index in [9.17, 15) is 19.8 Å². The predicted molar refractivity (Wildman–Crippen MR) is 105 cm³/mol. The highest BCUT2D eigenvalue weighted by atomic mass is 16.5. The molecule has 5 rings (SSSR count). The minimum atomic E-state index is -2.41. The molecular weight excluding hydrogens is 392 g/mol. The fourth-order valence-corrected chi connectivity index (χ4v) is 3.58. The number of nitrogens with zero attached hydrogens (tertiary/aromatic N) is 6. The van der Waals surface area contributed by atoms with Crippen molar-refractivity contribution in [3.05, 3.63) is 46.6 Å². The van der Waals surface area contributed by atoms with Gasteiger partial charge in [0, 0.05) is 44.2 Å². The van der Waals surface area contributed by atoms with Gasteiger partial charge in [0.15, 0.2) is 17.2 Å². The molecule has 5 heterocycles. The van der Waals surface area contributed by atoms with Gasteiger partial charge in [-0.3, -0.25) is 4.79 Å². The molecule has 156 valence electrons. The van der Waals surface area contributed by atoms with Gasteiger partial charge < -0.3 is 24.7 Å². The Bertz CT molecular complexity index is 1210. The highest BCUT2D eigenvalue weighted by Gasteiger charge is 2.28. The Morgan fingerprint density at radius 3 is 2.73 bits per heavy atom. The van der Waals surface area contributed by atoms with Crippen LogP contribution in [0, 0.1) is 0 Å². The Morgan fingerprint density at radius 1 is 1.23 bits per heavy atom. The van der Waals surface area contributed by atoms with Crippen molar-refractivity contribution in [1.29, 1.82) is 0 Å². The summed E-state index contributed by atoms with van der Waals surface area (Å²) in [5.41, 5.74) is 0.778. The van der Waals surface area contributed by atoms with Crippen LogP contribution in [-0.4, -0.2) is 66.4 Å². The lowest BCUT2D eigenvalue weighted by molar-refractivity contribution is -0.222. The molecule has 2 N–H and O–H groups in total. The summed E-state index contributed by atoms with van der Waals surface area (Å²) in [4.78, 5) is 32.9. The molecule has 11 heteroatoms. The van der Waals surface area contributed by atoms with E-state index in [-0.39, 0.29) is 11.6 Å². The van der Waals surface area contributed by atoms with Crippen molar-refractivity contribution >= 4 is 23.1 Å². The second kappa shape index (κ2) is 6.54. The molecule has 0 radical (unpaired) electrons. The number of hydrogen-bond donors (Lipinski definition) is 2. The van der Waals surface area contributed by atoms with Gasteiger partial charge in [-0.2, -0.15) is 4.68 Å². The number of carbonyl (C=O) groups excluding carboxylic acids is 1. The molecular formula is C19H20N6O5. The Labute approximate surface area is 170 Å². The van der Waals surface area contributed by atoms with E-state index in [1.54, 1.807) is 29.3 Å². The SMILES string of the molecule is CC(O)(O)n1nc2cc(N3CCOc4cc(C(=O)N5CCC5)cnc43)ccn2c1=O. The molecule has 1 amide bonds. The molecule has 3 aromatic rings. The molecule has 11 nitrogen and oxygen atoms in total. The zero-order valence-electron chi connectivity index (χ0n) is 16.2. The molecule has 0 bridgehead atoms. The molecule has 0 atom stereocenters. The van der Waals surface area contributed by atoms with Crippen molar-refractivity contribution in [2.24, 2.45) is 0 Å². The number of carbonyl (C=O) groups is 1. The van der Waals surface area contributed by atoms with Gasteiger partial charge in [-0.15, -0.1) is 5.10 Å². The lowest BCUT2D eigenvalue weighted by Gasteiger charge is -2.32. The molecule has 1 saturated heterocycles.